The highest BCUT2D eigenvalue weighted by Gasteiger charge is 2.67. The number of hydrogen-bond acceptors (Lipinski definition) is 3. The molecule has 0 aromatic heterocycles. The lowest BCUT2D eigenvalue weighted by Gasteiger charge is -2.37. The average Bonchev–Trinajstić information content (AvgIpc) is 3.55. The number of halogens is 2. The van der Waals surface area contributed by atoms with Gasteiger partial charge in [-0.05, 0) is 94.9 Å². The molecule has 1 N–H and O–H groups in total. The fourth-order valence-corrected chi connectivity index (χ4v) is 6.57. The van der Waals surface area contributed by atoms with Crippen LogP contribution >= 0.6 is 27.5 Å². The molecule has 1 aliphatic heterocycles. The molecule has 5 nitrogen and oxygen atoms in total. The van der Waals surface area contributed by atoms with E-state index in [1.165, 1.54) is 4.90 Å². The van der Waals surface area contributed by atoms with Crippen LogP contribution in [-0.4, -0.2) is 17.7 Å². The lowest BCUT2D eigenvalue weighted by atomic mass is 9.63. The van der Waals surface area contributed by atoms with Crippen molar-refractivity contribution in [3.63, 3.8) is 0 Å². The van der Waals surface area contributed by atoms with Crippen LogP contribution in [0.4, 0.5) is 11.4 Å². The van der Waals surface area contributed by atoms with E-state index < -0.39 is 0 Å². The van der Waals surface area contributed by atoms with Gasteiger partial charge in [-0.1, -0.05) is 23.8 Å². The van der Waals surface area contributed by atoms with E-state index >= 15 is 0 Å². The second kappa shape index (κ2) is 7.03. The summed E-state index contributed by atoms with van der Waals surface area (Å²) in [5.41, 5.74) is 2.47. The van der Waals surface area contributed by atoms with E-state index in [1.807, 2.05) is 13.0 Å². The van der Waals surface area contributed by atoms with Crippen LogP contribution in [0.2, 0.25) is 5.02 Å². The van der Waals surface area contributed by atoms with E-state index in [0.29, 0.717) is 33.8 Å². The number of carbonyl (C=O) groups is 3. The minimum absolute atomic E-state index is 0.0953. The number of benzene rings is 2. The molecule has 3 amide bonds. The molecule has 0 radical (unpaired) electrons. The Kier molecular flexibility index (Phi) is 4.43. The second-order valence-corrected chi connectivity index (χ2v) is 10.5. The van der Waals surface area contributed by atoms with Crippen molar-refractivity contribution >= 4 is 56.6 Å². The third kappa shape index (κ3) is 2.85. The number of amides is 3. The van der Waals surface area contributed by atoms with Gasteiger partial charge in [0.05, 0.1) is 22.5 Å². The second-order valence-electron chi connectivity index (χ2n) is 9.25. The molecule has 1 heterocycles. The number of aryl methyl sites for hydroxylation is 1. The van der Waals surface area contributed by atoms with Gasteiger partial charge in [0, 0.05) is 15.7 Å². The van der Waals surface area contributed by atoms with Crippen LogP contribution < -0.4 is 10.2 Å². The summed E-state index contributed by atoms with van der Waals surface area (Å²) in [7, 11) is 0. The molecule has 6 atom stereocenters. The van der Waals surface area contributed by atoms with E-state index in [9.17, 15) is 14.4 Å². The highest BCUT2D eigenvalue weighted by Crippen LogP contribution is 2.65. The SMILES string of the molecule is Cc1cc(Br)c(Cl)cc1NC(=O)c1ccc(N2C(=O)[C@@H]3[C@H]4C=C[C@@H]([C@@H]5C[C@H]45)[C@H]3C2=O)cc1. The molecular formula is C25H20BrClN2O3. The van der Waals surface area contributed by atoms with Crippen molar-refractivity contribution in [2.45, 2.75) is 13.3 Å². The maximum Gasteiger partial charge on any atom is 0.255 e. The standard InChI is InChI=1S/C25H20BrClN2O3/c1-11-8-18(26)19(27)10-20(11)28-23(30)12-2-4-13(5-3-12)29-24(31)21-14-6-7-15(17-9-16(14)17)22(21)25(29)32/h2-8,10,14-17,21-22H,9H2,1H3,(H,28,30)/t14-,15-,16-,17+,21+,22+/m0/s1. The summed E-state index contributed by atoms with van der Waals surface area (Å²) >= 11 is 9.52. The van der Waals surface area contributed by atoms with Gasteiger partial charge in [-0.3, -0.25) is 19.3 Å². The van der Waals surface area contributed by atoms with Crippen LogP contribution in [0.3, 0.4) is 0 Å². The highest BCUT2D eigenvalue weighted by molar-refractivity contribution is 9.10. The molecule has 7 heteroatoms. The van der Waals surface area contributed by atoms with Gasteiger partial charge in [-0.15, -0.1) is 0 Å². The summed E-state index contributed by atoms with van der Waals surface area (Å²) in [6, 6.07) is 10.2. The van der Waals surface area contributed by atoms with Crippen LogP contribution in [-0.2, 0) is 9.59 Å². The van der Waals surface area contributed by atoms with Crippen molar-refractivity contribution < 1.29 is 14.4 Å². The first-order chi connectivity index (χ1) is 15.3. The van der Waals surface area contributed by atoms with Crippen molar-refractivity contribution in [3.8, 4) is 0 Å². The molecule has 3 fully saturated rings. The molecule has 1 saturated heterocycles. The van der Waals surface area contributed by atoms with Gasteiger partial charge in [0.25, 0.3) is 5.91 Å². The van der Waals surface area contributed by atoms with Crippen molar-refractivity contribution in [1.29, 1.82) is 0 Å². The van der Waals surface area contributed by atoms with Crippen LogP contribution in [0, 0.1) is 42.4 Å². The maximum absolute atomic E-state index is 13.2. The topological polar surface area (TPSA) is 66.5 Å². The summed E-state index contributed by atoms with van der Waals surface area (Å²) in [6.45, 7) is 1.88. The third-order valence-corrected chi connectivity index (χ3v) is 8.76. The van der Waals surface area contributed by atoms with Gasteiger partial charge < -0.3 is 5.32 Å². The summed E-state index contributed by atoms with van der Waals surface area (Å²) < 4.78 is 0.764. The quantitative estimate of drug-likeness (QED) is 0.454. The van der Waals surface area contributed by atoms with Gasteiger partial charge in [-0.25, -0.2) is 0 Å². The number of carbonyl (C=O) groups excluding carboxylic acids is 3. The fraction of sp³-hybridized carbons (Fsp3) is 0.320. The third-order valence-electron chi connectivity index (χ3n) is 7.57. The van der Waals surface area contributed by atoms with Gasteiger partial charge in [-0.2, -0.15) is 0 Å². The van der Waals surface area contributed by atoms with Crippen molar-refractivity contribution in [2.24, 2.45) is 35.5 Å². The van der Waals surface area contributed by atoms with E-state index in [1.54, 1.807) is 30.3 Å². The van der Waals surface area contributed by atoms with Crippen molar-refractivity contribution in [3.05, 3.63) is 69.2 Å². The molecule has 0 unspecified atom stereocenters. The van der Waals surface area contributed by atoms with Gasteiger partial charge in [0.1, 0.15) is 0 Å². The predicted molar refractivity (Wildman–Crippen MR) is 125 cm³/mol. The number of allylic oxidation sites excluding steroid dienone is 2. The molecule has 32 heavy (non-hydrogen) atoms. The number of hydrogen-bond donors (Lipinski definition) is 1. The Balaban J connectivity index is 1.23. The summed E-state index contributed by atoms with van der Waals surface area (Å²) in [5.74, 6) is 0.611. The largest absolute Gasteiger partial charge is 0.322 e. The molecule has 2 saturated carbocycles. The molecule has 0 spiro atoms. The first-order valence-electron chi connectivity index (χ1n) is 10.8. The van der Waals surface area contributed by atoms with E-state index in [-0.39, 0.29) is 41.4 Å². The summed E-state index contributed by atoms with van der Waals surface area (Å²) in [4.78, 5) is 40.6. The number of anilines is 2. The van der Waals surface area contributed by atoms with E-state index in [0.717, 1.165) is 16.5 Å². The number of rotatable bonds is 3. The summed E-state index contributed by atoms with van der Waals surface area (Å²) in [5, 5.41) is 3.38. The van der Waals surface area contributed by atoms with Crippen LogP contribution in [0.15, 0.2) is 53.0 Å². The van der Waals surface area contributed by atoms with Gasteiger partial charge in [0.15, 0.2) is 0 Å². The minimum atomic E-state index is -0.284. The molecule has 7 rings (SSSR count). The first kappa shape index (κ1) is 20.2. The lowest BCUT2D eigenvalue weighted by Crippen LogP contribution is -2.40. The zero-order chi connectivity index (χ0) is 22.3. The molecule has 4 aliphatic carbocycles. The van der Waals surface area contributed by atoms with Crippen molar-refractivity contribution in [1.82, 2.24) is 0 Å². The zero-order valence-electron chi connectivity index (χ0n) is 17.2. The van der Waals surface area contributed by atoms with Gasteiger partial charge >= 0.3 is 0 Å². The minimum Gasteiger partial charge on any atom is -0.322 e. The highest BCUT2D eigenvalue weighted by atomic mass is 79.9. The Morgan fingerprint density at radius 2 is 1.62 bits per heavy atom. The molecular weight excluding hydrogens is 492 g/mol. The summed E-state index contributed by atoms with van der Waals surface area (Å²) in [6.07, 6.45) is 5.47. The maximum atomic E-state index is 13.2. The number of imide groups is 1. The molecule has 2 aromatic carbocycles. The van der Waals surface area contributed by atoms with Crippen molar-refractivity contribution in [2.75, 3.05) is 10.2 Å². The Bertz CT molecular complexity index is 1190. The monoisotopic (exact) mass is 510 g/mol. The molecule has 2 aromatic rings. The number of nitrogens with zero attached hydrogens (tertiary/aromatic N) is 1. The van der Waals surface area contributed by atoms with Crippen LogP contribution in [0.25, 0.3) is 0 Å². The first-order valence-corrected chi connectivity index (χ1v) is 12.0. The molecule has 5 aliphatic rings. The Hall–Kier alpha value is -2.44. The Labute approximate surface area is 198 Å². The zero-order valence-corrected chi connectivity index (χ0v) is 19.6. The molecule has 2 bridgehead atoms. The van der Waals surface area contributed by atoms with Crippen LogP contribution in [0.5, 0.6) is 0 Å². The number of nitrogens with one attached hydrogen (secondary N) is 1. The Morgan fingerprint density at radius 3 is 2.22 bits per heavy atom. The smallest absolute Gasteiger partial charge is 0.255 e. The van der Waals surface area contributed by atoms with Crippen LogP contribution in [0.1, 0.15) is 22.3 Å². The average molecular weight is 512 g/mol. The van der Waals surface area contributed by atoms with Gasteiger partial charge in [0.2, 0.25) is 11.8 Å². The predicted octanol–water partition coefficient (Wildman–Crippen LogP) is 5.22. The lowest BCUT2D eigenvalue weighted by molar-refractivity contribution is -0.124. The normalized spacial score (nSPS) is 31.5. The van der Waals surface area contributed by atoms with E-state index in [2.05, 4.69) is 33.4 Å². The fourth-order valence-electron chi connectivity index (χ4n) is 5.95. The van der Waals surface area contributed by atoms with E-state index in [4.69, 9.17) is 11.6 Å². The molecule has 162 valence electrons. The Morgan fingerprint density at radius 1 is 1.03 bits per heavy atom.